The van der Waals surface area contributed by atoms with Crippen molar-refractivity contribution in [2.75, 3.05) is 0 Å². The van der Waals surface area contributed by atoms with Gasteiger partial charge >= 0.3 is 6.18 Å². The Hall–Kier alpha value is -2.78. The van der Waals surface area contributed by atoms with Crippen molar-refractivity contribution in [3.63, 3.8) is 0 Å². The van der Waals surface area contributed by atoms with Crippen LogP contribution in [0.2, 0.25) is 0 Å². The Kier molecular flexibility index (Phi) is 7.86. The first-order valence-corrected chi connectivity index (χ1v) is 12.7. The Labute approximate surface area is 207 Å². The molecule has 0 saturated heterocycles. The van der Waals surface area contributed by atoms with E-state index in [0.29, 0.717) is 34.1 Å². The van der Waals surface area contributed by atoms with Crippen molar-refractivity contribution < 1.29 is 18.0 Å². The van der Waals surface area contributed by atoms with E-state index in [2.05, 4.69) is 15.5 Å². The van der Waals surface area contributed by atoms with Crippen molar-refractivity contribution >= 4 is 17.2 Å². The summed E-state index contributed by atoms with van der Waals surface area (Å²) in [5.74, 6) is -0.0928. The number of alkyl halides is 3. The molecule has 0 bridgehead atoms. The molecule has 1 amide bonds. The summed E-state index contributed by atoms with van der Waals surface area (Å²) in [6.07, 6.45) is 1.02. The van der Waals surface area contributed by atoms with Gasteiger partial charge in [-0.1, -0.05) is 54.9 Å². The molecule has 4 rings (SSSR count). The molecule has 9 heteroatoms. The second-order valence-electron chi connectivity index (χ2n) is 9.10. The van der Waals surface area contributed by atoms with Gasteiger partial charge in [-0.2, -0.15) is 13.2 Å². The minimum Gasteiger partial charge on any atom is -0.347 e. The maximum absolute atomic E-state index is 13.7. The van der Waals surface area contributed by atoms with Gasteiger partial charge < -0.3 is 11.1 Å². The van der Waals surface area contributed by atoms with Crippen LogP contribution in [0.4, 0.5) is 13.2 Å². The smallest absolute Gasteiger partial charge is 0.347 e. The van der Waals surface area contributed by atoms with Gasteiger partial charge in [-0.3, -0.25) is 4.79 Å². The number of rotatable bonds is 7. The number of nitrogens with one attached hydrogen (secondary N) is 1. The third-order valence-electron chi connectivity index (χ3n) is 6.42. The average molecular weight is 503 g/mol. The summed E-state index contributed by atoms with van der Waals surface area (Å²) in [4.78, 5) is 11.9. The van der Waals surface area contributed by atoms with Gasteiger partial charge in [0.15, 0.2) is 0 Å². The van der Waals surface area contributed by atoms with Crippen LogP contribution in [0.3, 0.4) is 0 Å². The van der Waals surface area contributed by atoms with Crippen LogP contribution in [0.5, 0.6) is 0 Å². The molecule has 1 aliphatic rings. The second-order valence-corrected chi connectivity index (χ2v) is 10.1. The highest BCUT2D eigenvalue weighted by Gasteiger charge is 2.32. The van der Waals surface area contributed by atoms with E-state index in [1.165, 1.54) is 24.3 Å². The zero-order valence-electron chi connectivity index (χ0n) is 19.6. The topological polar surface area (TPSA) is 80.9 Å². The Balaban J connectivity index is 1.65. The van der Waals surface area contributed by atoms with E-state index in [1.54, 1.807) is 0 Å². The number of nitrogens with zero attached hydrogens (tertiary/aromatic N) is 2. The largest absolute Gasteiger partial charge is 0.416 e. The van der Waals surface area contributed by atoms with Crippen LogP contribution in [0, 0.1) is 0 Å². The average Bonchev–Trinajstić information content (AvgIpc) is 3.34. The molecule has 186 valence electrons. The van der Waals surface area contributed by atoms with Gasteiger partial charge in [-0.05, 0) is 60.1 Å². The van der Waals surface area contributed by atoms with Crippen LogP contribution in [0.15, 0.2) is 42.5 Å². The van der Waals surface area contributed by atoms with Crippen LogP contribution in [0.1, 0.15) is 78.2 Å². The molecule has 1 atom stereocenters. The summed E-state index contributed by atoms with van der Waals surface area (Å²) in [7, 11) is 0. The molecule has 0 aliphatic heterocycles. The quantitative estimate of drug-likeness (QED) is 0.406. The van der Waals surface area contributed by atoms with Crippen molar-refractivity contribution in [3.05, 3.63) is 69.7 Å². The number of hydrogen-bond donors (Lipinski definition) is 2. The highest BCUT2D eigenvalue weighted by molar-refractivity contribution is 7.14. The lowest BCUT2D eigenvalue weighted by molar-refractivity contribution is -0.137. The molecule has 1 saturated carbocycles. The molecular weight excluding hydrogens is 473 g/mol. The monoisotopic (exact) mass is 502 g/mol. The molecule has 1 aliphatic carbocycles. The van der Waals surface area contributed by atoms with Crippen molar-refractivity contribution in [2.45, 2.75) is 70.1 Å². The van der Waals surface area contributed by atoms with Crippen molar-refractivity contribution in [3.8, 4) is 10.6 Å². The fraction of sp³-hybridized carbons (Fsp3) is 0.423. The third-order valence-corrected chi connectivity index (χ3v) is 7.51. The first kappa shape index (κ1) is 25.3. The summed E-state index contributed by atoms with van der Waals surface area (Å²) in [5, 5.41) is 12.4. The Morgan fingerprint density at radius 2 is 1.77 bits per heavy atom. The van der Waals surface area contributed by atoms with E-state index >= 15 is 0 Å². The lowest BCUT2D eigenvalue weighted by Crippen LogP contribution is -2.27. The summed E-state index contributed by atoms with van der Waals surface area (Å²) >= 11 is 1.21. The van der Waals surface area contributed by atoms with Gasteiger partial charge in [0.25, 0.3) is 0 Å². The van der Waals surface area contributed by atoms with Crippen molar-refractivity contribution in [2.24, 2.45) is 5.73 Å². The first-order valence-electron chi connectivity index (χ1n) is 11.8. The number of aromatic nitrogens is 2. The molecule has 0 spiro atoms. The molecule has 0 unspecified atom stereocenters. The van der Waals surface area contributed by atoms with Crippen LogP contribution in [-0.2, 0) is 23.9 Å². The number of hydrogen-bond acceptors (Lipinski definition) is 5. The van der Waals surface area contributed by atoms with Gasteiger partial charge in [0.05, 0.1) is 11.6 Å². The Bertz CT molecular complexity index is 1150. The van der Waals surface area contributed by atoms with Gasteiger partial charge in [-0.25, -0.2) is 0 Å². The predicted molar refractivity (Wildman–Crippen MR) is 131 cm³/mol. The van der Waals surface area contributed by atoms with Crippen LogP contribution >= 0.6 is 11.3 Å². The lowest BCUT2D eigenvalue weighted by Gasteiger charge is -2.23. The number of nitrogens with two attached hydrogens (primary N) is 1. The van der Waals surface area contributed by atoms with Crippen LogP contribution < -0.4 is 11.1 Å². The second kappa shape index (κ2) is 10.9. The zero-order valence-corrected chi connectivity index (χ0v) is 20.4. The third kappa shape index (κ3) is 6.46. The minimum absolute atomic E-state index is 0.126. The van der Waals surface area contributed by atoms with E-state index in [9.17, 15) is 18.0 Å². The normalized spacial score (nSPS) is 15.7. The number of halogens is 3. The van der Waals surface area contributed by atoms with Gasteiger partial charge in [0.1, 0.15) is 10.0 Å². The highest BCUT2D eigenvalue weighted by Crippen LogP contribution is 2.40. The fourth-order valence-electron chi connectivity index (χ4n) is 4.60. The van der Waals surface area contributed by atoms with E-state index < -0.39 is 17.8 Å². The summed E-state index contributed by atoms with van der Waals surface area (Å²) in [5.41, 5.74) is 8.12. The predicted octanol–water partition coefficient (Wildman–Crippen LogP) is 6.15. The molecule has 1 fully saturated rings. The molecule has 3 aromatic rings. The van der Waals surface area contributed by atoms with Crippen LogP contribution in [-0.4, -0.2) is 16.1 Å². The highest BCUT2D eigenvalue weighted by atomic mass is 32.1. The van der Waals surface area contributed by atoms with E-state index in [4.69, 9.17) is 5.73 Å². The molecule has 5 nitrogen and oxygen atoms in total. The Morgan fingerprint density at radius 3 is 2.40 bits per heavy atom. The first-order chi connectivity index (χ1) is 16.7. The van der Waals surface area contributed by atoms with Crippen molar-refractivity contribution in [1.82, 2.24) is 15.5 Å². The van der Waals surface area contributed by atoms with Crippen LogP contribution in [0.25, 0.3) is 10.6 Å². The summed E-state index contributed by atoms with van der Waals surface area (Å²) in [6, 6.07) is 11.6. The molecule has 3 N–H and O–H groups in total. The number of carbonyl (C=O) groups is 1. The van der Waals surface area contributed by atoms with E-state index in [1.807, 2.05) is 30.3 Å². The summed E-state index contributed by atoms with van der Waals surface area (Å²) < 4.78 is 41.1. The van der Waals surface area contributed by atoms with Gasteiger partial charge in [0, 0.05) is 19.0 Å². The van der Waals surface area contributed by atoms with E-state index in [0.717, 1.165) is 49.3 Å². The lowest BCUT2D eigenvalue weighted by atomic mass is 9.83. The molecule has 1 heterocycles. The molecule has 35 heavy (non-hydrogen) atoms. The summed E-state index contributed by atoms with van der Waals surface area (Å²) in [6.45, 7) is 1.87. The Morgan fingerprint density at radius 1 is 1.09 bits per heavy atom. The minimum atomic E-state index is -4.44. The van der Waals surface area contributed by atoms with Crippen molar-refractivity contribution in [1.29, 1.82) is 0 Å². The maximum Gasteiger partial charge on any atom is 0.416 e. The number of benzene rings is 2. The fourth-order valence-corrected chi connectivity index (χ4v) is 5.48. The van der Waals surface area contributed by atoms with E-state index in [-0.39, 0.29) is 11.8 Å². The standard InChI is InChI=1S/C26H29F3N4OS/c1-16(34)31-23(11-17-7-9-18(15-30)10-8-17)25-33-32-24(35-25)21-12-20(19-5-3-2-4-6-19)13-22(14-21)26(27,28)29/h7-10,12-14,19,23H,2-6,11,15,30H2,1H3,(H,31,34)/t23-/m0/s1. The zero-order chi connectivity index (χ0) is 25.0. The number of carbonyl (C=O) groups excluding carboxylic acids is 1. The molecular formula is C26H29F3N4OS. The molecule has 1 aromatic heterocycles. The van der Waals surface area contributed by atoms with Gasteiger partial charge in [-0.15, -0.1) is 10.2 Å². The van der Waals surface area contributed by atoms with Gasteiger partial charge in [0.2, 0.25) is 5.91 Å². The molecule has 0 radical (unpaired) electrons. The maximum atomic E-state index is 13.7. The molecule has 2 aromatic carbocycles. The SMILES string of the molecule is CC(=O)N[C@@H](Cc1ccc(CN)cc1)c1nnc(-c2cc(C3CCCCC3)cc(C(F)(F)F)c2)s1. The number of amides is 1.